The SMILES string of the molecule is NS(=O)(=O)c1c[nH]c2sccc12. The highest BCUT2D eigenvalue weighted by Gasteiger charge is 2.14. The van der Waals surface area contributed by atoms with Gasteiger partial charge in [0.15, 0.2) is 0 Å². The third-order valence-electron chi connectivity index (χ3n) is 1.57. The first-order valence-corrected chi connectivity index (χ1v) is 5.59. The van der Waals surface area contributed by atoms with Crippen LogP contribution in [0.5, 0.6) is 0 Å². The molecule has 0 saturated carbocycles. The van der Waals surface area contributed by atoms with Gasteiger partial charge < -0.3 is 4.98 Å². The number of H-pyrrole nitrogens is 1. The Morgan fingerprint density at radius 1 is 1.50 bits per heavy atom. The molecule has 12 heavy (non-hydrogen) atoms. The highest BCUT2D eigenvalue weighted by atomic mass is 32.2. The number of primary sulfonamides is 1. The van der Waals surface area contributed by atoms with E-state index in [0.29, 0.717) is 5.39 Å². The average Bonchev–Trinajstić information content (AvgIpc) is 2.37. The van der Waals surface area contributed by atoms with E-state index in [0.717, 1.165) is 4.83 Å². The molecule has 2 aromatic rings. The highest BCUT2D eigenvalue weighted by Crippen LogP contribution is 2.25. The van der Waals surface area contributed by atoms with Gasteiger partial charge in [0.1, 0.15) is 9.73 Å². The molecule has 2 aromatic heterocycles. The van der Waals surface area contributed by atoms with Gasteiger partial charge in [0.25, 0.3) is 0 Å². The molecule has 0 fully saturated rings. The molecule has 2 rings (SSSR count). The zero-order valence-corrected chi connectivity index (χ0v) is 7.58. The number of thiophene rings is 1. The first kappa shape index (κ1) is 7.78. The minimum atomic E-state index is -3.58. The summed E-state index contributed by atoms with van der Waals surface area (Å²) in [5.74, 6) is 0. The molecule has 3 N–H and O–H groups in total. The molecular formula is C6H6N2O2S2. The Hall–Kier alpha value is -0.850. The van der Waals surface area contributed by atoms with Gasteiger partial charge in [-0.2, -0.15) is 0 Å². The van der Waals surface area contributed by atoms with Gasteiger partial charge in [-0.05, 0) is 11.4 Å². The fourth-order valence-corrected chi connectivity index (χ4v) is 2.60. The van der Waals surface area contributed by atoms with Crippen LogP contribution in [0.1, 0.15) is 0 Å². The summed E-state index contributed by atoms with van der Waals surface area (Å²) in [6.45, 7) is 0. The Balaban J connectivity index is 2.87. The molecule has 0 atom stereocenters. The van der Waals surface area contributed by atoms with Gasteiger partial charge in [0, 0.05) is 11.6 Å². The lowest BCUT2D eigenvalue weighted by Gasteiger charge is -1.89. The quantitative estimate of drug-likeness (QED) is 0.720. The van der Waals surface area contributed by atoms with Crippen molar-refractivity contribution in [1.29, 1.82) is 0 Å². The topological polar surface area (TPSA) is 76.0 Å². The molecule has 0 spiro atoms. The molecule has 0 bridgehead atoms. The second-order valence-electron chi connectivity index (χ2n) is 2.36. The first-order chi connectivity index (χ1) is 5.59. The molecule has 6 heteroatoms. The molecule has 0 aliphatic rings. The summed E-state index contributed by atoms with van der Waals surface area (Å²) in [4.78, 5) is 3.83. The number of hydrogen-bond acceptors (Lipinski definition) is 3. The number of hydrogen-bond donors (Lipinski definition) is 2. The van der Waals surface area contributed by atoms with E-state index in [9.17, 15) is 8.42 Å². The highest BCUT2D eigenvalue weighted by molar-refractivity contribution is 7.89. The molecule has 0 aliphatic heterocycles. The third kappa shape index (κ3) is 1.04. The van der Waals surface area contributed by atoms with E-state index in [4.69, 9.17) is 5.14 Å². The summed E-state index contributed by atoms with van der Waals surface area (Å²) in [6, 6.07) is 1.73. The van der Waals surface area contributed by atoms with Crippen molar-refractivity contribution in [1.82, 2.24) is 4.98 Å². The van der Waals surface area contributed by atoms with Gasteiger partial charge in [0.2, 0.25) is 10.0 Å². The Bertz CT molecular complexity index is 508. The number of rotatable bonds is 1. The van der Waals surface area contributed by atoms with Crippen LogP contribution in [0.3, 0.4) is 0 Å². The molecule has 0 radical (unpaired) electrons. The molecule has 0 unspecified atom stereocenters. The Labute approximate surface area is 73.1 Å². The predicted molar refractivity (Wildman–Crippen MR) is 47.5 cm³/mol. The van der Waals surface area contributed by atoms with Crippen LogP contribution in [0.25, 0.3) is 10.2 Å². The third-order valence-corrected chi connectivity index (χ3v) is 3.37. The lowest BCUT2D eigenvalue weighted by atomic mass is 10.4. The van der Waals surface area contributed by atoms with E-state index >= 15 is 0 Å². The van der Waals surface area contributed by atoms with Crippen molar-refractivity contribution in [3.8, 4) is 0 Å². The summed E-state index contributed by atoms with van der Waals surface area (Å²) in [6.07, 6.45) is 1.41. The van der Waals surface area contributed by atoms with Gasteiger partial charge in [-0.3, -0.25) is 0 Å². The Morgan fingerprint density at radius 3 is 2.92 bits per heavy atom. The standard InChI is InChI=1S/C6H6N2O2S2/c7-12(9,10)5-3-8-6-4(5)1-2-11-6/h1-3,8H,(H2,7,9,10). The van der Waals surface area contributed by atoms with Crippen LogP contribution < -0.4 is 5.14 Å². The van der Waals surface area contributed by atoms with E-state index in [1.165, 1.54) is 17.5 Å². The number of fused-ring (bicyclic) bond motifs is 1. The van der Waals surface area contributed by atoms with Crippen molar-refractivity contribution in [2.45, 2.75) is 4.90 Å². The second-order valence-corrected chi connectivity index (χ2v) is 4.81. The fourth-order valence-electron chi connectivity index (χ4n) is 1.06. The van der Waals surface area contributed by atoms with Crippen molar-refractivity contribution < 1.29 is 8.42 Å². The molecular weight excluding hydrogens is 196 g/mol. The van der Waals surface area contributed by atoms with E-state index in [1.54, 1.807) is 6.07 Å². The van der Waals surface area contributed by atoms with Crippen LogP contribution in [0, 0.1) is 0 Å². The van der Waals surface area contributed by atoms with Crippen molar-refractivity contribution in [3.05, 3.63) is 17.6 Å². The largest absolute Gasteiger partial charge is 0.352 e. The maximum Gasteiger partial charge on any atom is 0.240 e. The maximum absolute atomic E-state index is 11.0. The Morgan fingerprint density at radius 2 is 2.25 bits per heavy atom. The van der Waals surface area contributed by atoms with Crippen LogP contribution in [0.15, 0.2) is 22.5 Å². The summed E-state index contributed by atoms with van der Waals surface area (Å²) in [7, 11) is -3.58. The van der Waals surface area contributed by atoms with E-state index < -0.39 is 10.0 Å². The normalized spacial score (nSPS) is 12.4. The number of nitrogens with two attached hydrogens (primary N) is 1. The zero-order chi connectivity index (χ0) is 8.77. The van der Waals surface area contributed by atoms with Gasteiger partial charge in [-0.1, -0.05) is 0 Å². The second kappa shape index (κ2) is 2.32. The van der Waals surface area contributed by atoms with Crippen LogP contribution in [-0.4, -0.2) is 13.4 Å². The summed E-state index contributed by atoms with van der Waals surface area (Å²) in [5.41, 5.74) is 0. The maximum atomic E-state index is 11.0. The zero-order valence-electron chi connectivity index (χ0n) is 5.94. The van der Waals surface area contributed by atoms with Gasteiger partial charge in [-0.25, -0.2) is 13.6 Å². The molecule has 0 aliphatic carbocycles. The minimum Gasteiger partial charge on any atom is -0.352 e. The van der Waals surface area contributed by atoms with Crippen molar-refractivity contribution in [2.24, 2.45) is 5.14 Å². The molecule has 0 saturated heterocycles. The first-order valence-electron chi connectivity index (χ1n) is 3.16. The molecule has 4 nitrogen and oxygen atoms in total. The predicted octanol–water partition coefficient (Wildman–Crippen LogP) is 0.877. The average molecular weight is 202 g/mol. The van der Waals surface area contributed by atoms with Gasteiger partial charge in [-0.15, -0.1) is 11.3 Å². The smallest absolute Gasteiger partial charge is 0.240 e. The summed E-state index contributed by atoms with van der Waals surface area (Å²) in [5, 5.41) is 7.47. The van der Waals surface area contributed by atoms with E-state index in [1.807, 2.05) is 5.38 Å². The van der Waals surface area contributed by atoms with Gasteiger partial charge in [0.05, 0.1) is 0 Å². The number of aromatic nitrogens is 1. The fraction of sp³-hybridized carbons (Fsp3) is 0. The van der Waals surface area contributed by atoms with Crippen LogP contribution in [0.4, 0.5) is 0 Å². The van der Waals surface area contributed by atoms with Gasteiger partial charge >= 0.3 is 0 Å². The molecule has 0 amide bonds. The summed E-state index contributed by atoms with van der Waals surface area (Å²) < 4.78 is 21.9. The number of aromatic amines is 1. The van der Waals surface area contributed by atoms with E-state index in [2.05, 4.69) is 4.98 Å². The molecule has 64 valence electrons. The lowest BCUT2D eigenvalue weighted by Crippen LogP contribution is -2.11. The lowest BCUT2D eigenvalue weighted by molar-refractivity contribution is 0.598. The van der Waals surface area contributed by atoms with Crippen LogP contribution in [0.2, 0.25) is 0 Å². The molecule has 0 aromatic carbocycles. The number of nitrogens with one attached hydrogen (secondary N) is 1. The van der Waals surface area contributed by atoms with Crippen molar-refractivity contribution >= 4 is 31.6 Å². The number of sulfonamides is 1. The minimum absolute atomic E-state index is 0.166. The van der Waals surface area contributed by atoms with Crippen LogP contribution >= 0.6 is 11.3 Å². The van der Waals surface area contributed by atoms with Crippen LogP contribution in [-0.2, 0) is 10.0 Å². The molecule has 2 heterocycles. The summed E-state index contributed by atoms with van der Waals surface area (Å²) >= 11 is 1.45. The van der Waals surface area contributed by atoms with Crippen molar-refractivity contribution in [3.63, 3.8) is 0 Å². The monoisotopic (exact) mass is 202 g/mol. The Kier molecular flexibility index (Phi) is 1.50. The van der Waals surface area contributed by atoms with Crippen molar-refractivity contribution in [2.75, 3.05) is 0 Å². The van der Waals surface area contributed by atoms with E-state index in [-0.39, 0.29) is 4.90 Å².